The van der Waals surface area contributed by atoms with E-state index >= 15 is 0 Å². The number of amides is 2. The number of halogens is 3. The molecule has 2 amide bonds. The summed E-state index contributed by atoms with van der Waals surface area (Å²) in [5.41, 5.74) is 1.27. The van der Waals surface area contributed by atoms with Crippen LogP contribution in [0, 0.1) is 5.92 Å². The van der Waals surface area contributed by atoms with Crippen LogP contribution in [-0.4, -0.2) is 27.8 Å². The Hall–Kier alpha value is -3.29. The fourth-order valence-corrected chi connectivity index (χ4v) is 3.81. The Morgan fingerprint density at radius 3 is 2.70 bits per heavy atom. The van der Waals surface area contributed by atoms with Crippen molar-refractivity contribution in [2.45, 2.75) is 19.1 Å². The molecule has 30 heavy (non-hydrogen) atoms. The minimum atomic E-state index is -4.44. The second-order valence-electron chi connectivity index (χ2n) is 7.53. The van der Waals surface area contributed by atoms with E-state index in [0.717, 1.165) is 23.0 Å². The zero-order chi connectivity index (χ0) is 21.5. The van der Waals surface area contributed by atoms with Crippen LogP contribution in [0.3, 0.4) is 0 Å². The number of rotatable bonds is 4. The minimum absolute atomic E-state index is 0.0373. The van der Waals surface area contributed by atoms with Crippen LogP contribution in [0.15, 0.2) is 54.7 Å². The average molecular weight is 415 g/mol. The highest BCUT2D eigenvalue weighted by Gasteiger charge is 2.35. The smallest absolute Gasteiger partial charge is 0.350 e. The highest BCUT2D eigenvalue weighted by Crippen LogP contribution is 2.31. The summed E-state index contributed by atoms with van der Waals surface area (Å²) in [7, 11) is 1.91. The number of nitrogens with zero attached hydrogens (tertiary/aromatic N) is 2. The van der Waals surface area contributed by atoms with Gasteiger partial charge in [-0.2, -0.15) is 13.2 Å². The maximum Gasteiger partial charge on any atom is 0.416 e. The molecule has 0 aliphatic carbocycles. The van der Waals surface area contributed by atoms with Crippen LogP contribution < -0.4 is 5.32 Å². The number of anilines is 1. The molecule has 8 heteroatoms. The third-order valence-corrected chi connectivity index (χ3v) is 5.40. The molecule has 4 rings (SSSR count). The zero-order valence-corrected chi connectivity index (χ0v) is 16.2. The normalized spacial score (nSPS) is 17.0. The van der Waals surface area contributed by atoms with Gasteiger partial charge < -0.3 is 14.8 Å². The molecule has 1 N–H and O–H groups in total. The molecule has 3 aromatic rings. The third kappa shape index (κ3) is 3.90. The van der Waals surface area contributed by atoms with E-state index in [-0.39, 0.29) is 31.3 Å². The van der Waals surface area contributed by atoms with Crippen molar-refractivity contribution in [3.8, 4) is 0 Å². The van der Waals surface area contributed by atoms with Gasteiger partial charge in [0.1, 0.15) is 0 Å². The Balaban J connectivity index is 1.45. The quantitative estimate of drug-likeness (QED) is 0.695. The van der Waals surface area contributed by atoms with E-state index in [0.29, 0.717) is 11.3 Å². The average Bonchev–Trinajstić information content (AvgIpc) is 3.25. The Morgan fingerprint density at radius 1 is 1.17 bits per heavy atom. The van der Waals surface area contributed by atoms with Crippen LogP contribution in [0.4, 0.5) is 18.9 Å². The molecule has 1 aliphatic heterocycles. The molecule has 1 aromatic heterocycles. The van der Waals surface area contributed by atoms with Gasteiger partial charge in [0.05, 0.1) is 17.2 Å². The van der Waals surface area contributed by atoms with Crippen molar-refractivity contribution in [2.75, 3.05) is 11.9 Å². The predicted molar refractivity (Wildman–Crippen MR) is 107 cm³/mol. The minimum Gasteiger partial charge on any atom is -0.350 e. The van der Waals surface area contributed by atoms with Crippen molar-refractivity contribution in [3.63, 3.8) is 0 Å². The standard InChI is InChI=1S/C22H20F3N3O2/c1-27-9-8-17-18(6-3-7-19(17)27)26-21(30)15-11-20(29)28(13-15)12-14-4-2-5-16(10-14)22(23,24)25/h2-10,15H,11-13H2,1H3,(H,26,30). The number of carbonyl (C=O) groups excluding carboxylic acids is 2. The van der Waals surface area contributed by atoms with Crippen LogP contribution in [0.2, 0.25) is 0 Å². The summed E-state index contributed by atoms with van der Waals surface area (Å²) in [5, 5.41) is 3.80. The number of hydrogen-bond donors (Lipinski definition) is 1. The Labute approximate surface area is 171 Å². The molecule has 0 saturated carbocycles. The van der Waals surface area contributed by atoms with E-state index in [9.17, 15) is 22.8 Å². The van der Waals surface area contributed by atoms with Gasteiger partial charge in [-0.1, -0.05) is 18.2 Å². The van der Waals surface area contributed by atoms with Gasteiger partial charge in [0, 0.05) is 43.7 Å². The summed E-state index contributed by atoms with van der Waals surface area (Å²) in [6.45, 7) is 0.215. The number of nitrogens with one attached hydrogen (secondary N) is 1. The summed E-state index contributed by atoms with van der Waals surface area (Å²) in [6.07, 6.45) is -2.50. The first-order chi connectivity index (χ1) is 14.2. The second-order valence-corrected chi connectivity index (χ2v) is 7.53. The fourth-order valence-electron chi connectivity index (χ4n) is 3.81. The number of likely N-dealkylation sites (tertiary alicyclic amines) is 1. The predicted octanol–water partition coefficient (Wildman–Crippen LogP) is 4.18. The lowest BCUT2D eigenvalue weighted by molar-refractivity contribution is -0.137. The van der Waals surface area contributed by atoms with Crippen molar-refractivity contribution >= 4 is 28.4 Å². The third-order valence-electron chi connectivity index (χ3n) is 5.40. The van der Waals surface area contributed by atoms with E-state index in [1.807, 2.05) is 36.0 Å². The van der Waals surface area contributed by atoms with Gasteiger partial charge in [0.15, 0.2) is 0 Å². The number of alkyl halides is 3. The van der Waals surface area contributed by atoms with Gasteiger partial charge in [0.2, 0.25) is 11.8 Å². The summed E-state index contributed by atoms with van der Waals surface area (Å²) in [4.78, 5) is 26.5. The first-order valence-electron chi connectivity index (χ1n) is 9.51. The first-order valence-corrected chi connectivity index (χ1v) is 9.51. The van der Waals surface area contributed by atoms with Crippen molar-refractivity contribution in [3.05, 3.63) is 65.9 Å². The largest absolute Gasteiger partial charge is 0.416 e. The number of benzene rings is 2. The van der Waals surface area contributed by atoms with E-state index in [1.165, 1.54) is 11.0 Å². The van der Waals surface area contributed by atoms with Gasteiger partial charge in [-0.25, -0.2) is 0 Å². The summed E-state index contributed by atoms with van der Waals surface area (Å²) in [6, 6.07) is 12.4. The highest BCUT2D eigenvalue weighted by molar-refractivity contribution is 6.03. The van der Waals surface area contributed by atoms with E-state index in [1.54, 1.807) is 12.1 Å². The molecule has 1 fully saturated rings. The maximum atomic E-state index is 12.9. The molecule has 2 aromatic carbocycles. The lowest BCUT2D eigenvalue weighted by atomic mass is 10.1. The zero-order valence-electron chi connectivity index (χ0n) is 16.2. The molecule has 1 unspecified atom stereocenters. The topological polar surface area (TPSA) is 54.3 Å². The van der Waals surface area contributed by atoms with Gasteiger partial charge in [-0.3, -0.25) is 9.59 Å². The van der Waals surface area contributed by atoms with Crippen molar-refractivity contribution in [1.82, 2.24) is 9.47 Å². The van der Waals surface area contributed by atoms with Crippen LogP contribution in [0.5, 0.6) is 0 Å². The lowest BCUT2D eigenvalue weighted by Gasteiger charge is -2.18. The van der Waals surface area contributed by atoms with Crippen molar-refractivity contribution in [1.29, 1.82) is 0 Å². The SMILES string of the molecule is Cn1ccc2c(NC(=O)C3CC(=O)N(Cc4cccc(C(F)(F)F)c4)C3)cccc21. The molecule has 1 atom stereocenters. The van der Waals surface area contributed by atoms with Gasteiger partial charge in [0.25, 0.3) is 0 Å². The van der Waals surface area contributed by atoms with Gasteiger partial charge in [-0.05, 0) is 35.9 Å². The highest BCUT2D eigenvalue weighted by atomic mass is 19.4. The molecule has 0 radical (unpaired) electrons. The molecule has 1 aliphatic rings. The number of carbonyl (C=O) groups is 2. The Bertz CT molecular complexity index is 1120. The first kappa shape index (κ1) is 20.0. The maximum absolute atomic E-state index is 12.9. The summed E-state index contributed by atoms with van der Waals surface area (Å²) < 4.78 is 40.7. The van der Waals surface area contributed by atoms with Crippen LogP contribution in [0.1, 0.15) is 17.5 Å². The molecule has 5 nitrogen and oxygen atoms in total. The monoisotopic (exact) mass is 415 g/mol. The number of fused-ring (bicyclic) bond motifs is 1. The van der Waals surface area contributed by atoms with Crippen molar-refractivity contribution < 1.29 is 22.8 Å². The number of aromatic nitrogens is 1. The van der Waals surface area contributed by atoms with Gasteiger partial charge >= 0.3 is 6.18 Å². The molecule has 156 valence electrons. The van der Waals surface area contributed by atoms with E-state index in [4.69, 9.17) is 0 Å². The number of hydrogen-bond acceptors (Lipinski definition) is 2. The van der Waals surface area contributed by atoms with E-state index in [2.05, 4.69) is 5.32 Å². The van der Waals surface area contributed by atoms with E-state index < -0.39 is 17.7 Å². The second kappa shape index (κ2) is 7.51. The van der Waals surface area contributed by atoms with Crippen LogP contribution >= 0.6 is 0 Å². The molecule has 2 heterocycles. The van der Waals surface area contributed by atoms with Crippen molar-refractivity contribution in [2.24, 2.45) is 13.0 Å². The summed E-state index contributed by atoms with van der Waals surface area (Å²) >= 11 is 0. The lowest BCUT2D eigenvalue weighted by Crippen LogP contribution is -2.28. The molecular weight excluding hydrogens is 395 g/mol. The molecule has 0 bridgehead atoms. The Morgan fingerprint density at radius 2 is 1.93 bits per heavy atom. The van der Waals surface area contributed by atoms with Crippen LogP contribution in [0.25, 0.3) is 10.9 Å². The van der Waals surface area contributed by atoms with Crippen LogP contribution in [-0.2, 0) is 29.4 Å². The number of aryl methyl sites for hydroxylation is 1. The van der Waals surface area contributed by atoms with Gasteiger partial charge in [-0.15, -0.1) is 0 Å². The fraction of sp³-hybridized carbons (Fsp3) is 0.273. The molecule has 1 saturated heterocycles. The molecule has 0 spiro atoms. The Kier molecular flexibility index (Phi) is 5.01. The molecular formula is C22H20F3N3O2. The summed E-state index contributed by atoms with van der Waals surface area (Å²) in [5.74, 6) is -1.07.